The Morgan fingerprint density at radius 1 is 1.25 bits per heavy atom. The van der Waals surface area contributed by atoms with Gasteiger partial charge in [-0.05, 0) is 17.0 Å². The highest BCUT2D eigenvalue weighted by Gasteiger charge is 2.16. The first kappa shape index (κ1) is 13.0. The largest absolute Gasteiger partial charge is 0.357 e. The molecular formula is C10H18ClN5. The molecule has 0 spiro atoms. The zero-order chi connectivity index (χ0) is 12.3. The van der Waals surface area contributed by atoms with Gasteiger partial charge in [-0.3, -0.25) is 0 Å². The monoisotopic (exact) mass is 243 g/mol. The molecule has 90 valence electrons. The van der Waals surface area contributed by atoms with Crippen LogP contribution in [0.4, 0.5) is 11.9 Å². The van der Waals surface area contributed by atoms with Gasteiger partial charge in [0, 0.05) is 20.6 Å². The third kappa shape index (κ3) is 3.81. The van der Waals surface area contributed by atoms with Gasteiger partial charge in [-0.25, -0.2) is 0 Å². The average molecular weight is 244 g/mol. The van der Waals surface area contributed by atoms with Crippen LogP contribution in [-0.4, -0.2) is 35.6 Å². The Morgan fingerprint density at radius 3 is 2.38 bits per heavy atom. The highest BCUT2D eigenvalue weighted by atomic mass is 35.5. The molecule has 0 unspecified atom stereocenters. The summed E-state index contributed by atoms with van der Waals surface area (Å²) in [6, 6.07) is 0. The van der Waals surface area contributed by atoms with Gasteiger partial charge in [0.1, 0.15) is 0 Å². The Balaban J connectivity index is 2.90. The number of halogens is 1. The fraction of sp³-hybridized carbons (Fsp3) is 0.700. The molecule has 0 atom stereocenters. The van der Waals surface area contributed by atoms with Crippen molar-refractivity contribution in [3.63, 3.8) is 0 Å². The van der Waals surface area contributed by atoms with Gasteiger partial charge in [0.2, 0.25) is 17.2 Å². The standard InChI is InChI=1S/C10H18ClN5/c1-10(2,3)6-16(5)9-14-7(11)13-8(12-4)15-9/h6H2,1-5H3,(H,12,13,14,15). The Labute approximate surface area is 101 Å². The summed E-state index contributed by atoms with van der Waals surface area (Å²) in [6.07, 6.45) is 0. The summed E-state index contributed by atoms with van der Waals surface area (Å²) in [7, 11) is 3.69. The maximum Gasteiger partial charge on any atom is 0.231 e. The van der Waals surface area contributed by atoms with Gasteiger partial charge < -0.3 is 10.2 Å². The molecule has 1 aromatic heterocycles. The van der Waals surface area contributed by atoms with E-state index in [0.717, 1.165) is 6.54 Å². The third-order valence-electron chi connectivity index (χ3n) is 1.87. The topological polar surface area (TPSA) is 53.9 Å². The lowest BCUT2D eigenvalue weighted by atomic mass is 9.96. The highest BCUT2D eigenvalue weighted by Crippen LogP contribution is 2.19. The molecule has 1 aromatic rings. The predicted molar refractivity (Wildman–Crippen MR) is 67.1 cm³/mol. The summed E-state index contributed by atoms with van der Waals surface area (Å²) in [5.74, 6) is 1.06. The average Bonchev–Trinajstić information content (AvgIpc) is 2.14. The summed E-state index contributed by atoms with van der Waals surface area (Å²) < 4.78 is 0. The van der Waals surface area contributed by atoms with Crippen LogP contribution >= 0.6 is 11.6 Å². The zero-order valence-corrected chi connectivity index (χ0v) is 11.1. The summed E-state index contributed by atoms with van der Waals surface area (Å²) in [6.45, 7) is 7.32. The van der Waals surface area contributed by atoms with Gasteiger partial charge in [0.15, 0.2) is 0 Å². The number of aromatic nitrogens is 3. The summed E-state index contributed by atoms with van der Waals surface area (Å²) in [5.41, 5.74) is 0.174. The van der Waals surface area contributed by atoms with Crippen molar-refractivity contribution >= 4 is 23.5 Å². The van der Waals surface area contributed by atoms with Crippen molar-refractivity contribution in [3.05, 3.63) is 5.28 Å². The molecule has 0 bridgehead atoms. The van der Waals surface area contributed by atoms with Gasteiger partial charge in [-0.1, -0.05) is 20.8 Å². The van der Waals surface area contributed by atoms with Crippen molar-refractivity contribution in [2.24, 2.45) is 5.41 Å². The van der Waals surface area contributed by atoms with E-state index in [4.69, 9.17) is 11.6 Å². The smallest absolute Gasteiger partial charge is 0.231 e. The molecule has 16 heavy (non-hydrogen) atoms. The second-order valence-electron chi connectivity index (χ2n) is 4.89. The molecule has 1 N–H and O–H groups in total. The van der Waals surface area contributed by atoms with Crippen LogP contribution in [0.5, 0.6) is 0 Å². The van der Waals surface area contributed by atoms with Gasteiger partial charge in [0.25, 0.3) is 0 Å². The van der Waals surface area contributed by atoms with Crippen molar-refractivity contribution < 1.29 is 0 Å². The first-order valence-electron chi connectivity index (χ1n) is 5.12. The first-order chi connectivity index (χ1) is 7.31. The number of anilines is 2. The van der Waals surface area contributed by atoms with E-state index in [9.17, 15) is 0 Å². The lowest BCUT2D eigenvalue weighted by molar-refractivity contribution is 0.416. The van der Waals surface area contributed by atoms with Crippen LogP contribution in [-0.2, 0) is 0 Å². The van der Waals surface area contributed by atoms with E-state index in [-0.39, 0.29) is 10.7 Å². The van der Waals surface area contributed by atoms with E-state index in [2.05, 4.69) is 41.0 Å². The molecule has 0 aliphatic carbocycles. The highest BCUT2D eigenvalue weighted by molar-refractivity contribution is 6.28. The Morgan fingerprint density at radius 2 is 1.88 bits per heavy atom. The van der Waals surface area contributed by atoms with Crippen molar-refractivity contribution in [3.8, 4) is 0 Å². The third-order valence-corrected chi connectivity index (χ3v) is 2.04. The van der Waals surface area contributed by atoms with E-state index in [1.165, 1.54) is 0 Å². The maximum atomic E-state index is 5.82. The maximum absolute atomic E-state index is 5.82. The molecule has 0 saturated heterocycles. The molecule has 5 nitrogen and oxygen atoms in total. The van der Waals surface area contributed by atoms with Crippen molar-refractivity contribution in [2.75, 3.05) is 30.9 Å². The number of nitrogens with zero attached hydrogens (tertiary/aromatic N) is 4. The summed E-state index contributed by atoms with van der Waals surface area (Å²) in [4.78, 5) is 14.2. The van der Waals surface area contributed by atoms with Crippen molar-refractivity contribution in [2.45, 2.75) is 20.8 Å². The normalized spacial score (nSPS) is 11.4. The Kier molecular flexibility index (Phi) is 3.91. The molecule has 0 aliphatic rings. The molecule has 6 heteroatoms. The van der Waals surface area contributed by atoms with Gasteiger partial charge in [-0.15, -0.1) is 0 Å². The molecule has 0 aliphatic heterocycles. The molecule has 1 heterocycles. The second-order valence-corrected chi connectivity index (χ2v) is 5.23. The fourth-order valence-corrected chi connectivity index (χ4v) is 1.56. The molecule has 1 rings (SSSR count). The van der Waals surface area contributed by atoms with Crippen LogP contribution in [0.1, 0.15) is 20.8 Å². The van der Waals surface area contributed by atoms with E-state index in [1.54, 1.807) is 7.05 Å². The van der Waals surface area contributed by atoms with Crippen LogP contribution in [0, 0.1) is 5.41 Å². The molecule has 0 saturated carbocycles. The zero-order valence-electron chi connectivity index (χ0n) is 10.4. The molecule has 0 aromatic carbocycles. The van der Waals surface area contributed by atoms with Crippen LogP contribution in [0.15, 0.2) is 0 Å². The Hall–Kier alpha value is -1.10. The summed E-state index contributed by atoms with van der Waals surface area (Å²) in [5, 5.41) is 3.06. The minimum atomic E-state index is 0.174. The molecular weight excluding hydrogens is 226 g/mol. The molecule has 0 amide bonds. The minimum Gasteiger partial charge on any atom is -0.357 e. The summed E-state index contributed by atoms with van der Waals surface area (Å²) >= 11 is 5.82. The second kappa shape index (κ2) is 4.82. The van der Waals surface area contributed by atoms with Gasteiger partial charge >= 0.3 is 0 Å². The van der Waals surface area contributed by atoms with Crippen molar-refractivity contribution in [1.29, 1.82) is 0 Å². The molecule has 0 fully saturated rings. The number of hydrogen-bond donors (Lipinski definition) is 1. The van der Waals surface area contributed by atoms with E-state index in [1.807, 2.05) is 11.9 Å². The van der Waals surface area contributed by atoms with E-state index >= 15 is 0 Å². The lowest BCUT2D eigenvalue weighted by Gasteiger charge is -2.26. The van der Waals surface area contributed by atoms with Crippen LogP contribution in [0.2, 0.25) is 5.28 Å². The number of rotatable bonds is 3. The van der Waals surface area contributed by atoms with Gasteiger partial charge in [0.05, 0.1) is 0 Å². The predicted octanol–water partition coefficient (Wildman–Crippen LogP) is 2.05. The van der Waals surface area contributed by atoms with Crippen LogP contribution in [0.3, 0.4) is 0 Å². The lowest BCUT2D eigenvalue weighted by Crippen LogP contribution is -2.30. The SMILES string of the molecule is CNc1nc(Cl)nc(N(C)CC(C)(C)C)n1. The molecule has 0 radical (unpaired) electrons. The van der Waals surface area contributed by atoms with Crippen molar-refractivity contribution in [1.82, 2.24) is 15.0 Å². The van der Waals surface area contributed by atoms with E-state index in [0.29, 0.717) is 11.9 Å². The van der Waals surface area contributed by atoms with Crippen LogP contribution in [0.25, 0.3) is 0 Å². The minimum absolute atomic E-state index is 0.174. The number of nitrogens with one attached hydrogen (secondary N) is 1. The van der Waals surface area contributed by atoms with Gasteiger partial charge in [-0.2, -0.15) is 15.0 Å². The van der Waals surface area contributed by atoms with Crippen LogP contribution < -0.4 is 10.2 Å². The fourth-order valence-electron chi connectivity index (χ4n) is 1.40. The van der Waals surface area contributed by atoms with E-state index < -0.39 is 0 Å². The first-order valence-corrected chi connectivity index (χ1v) is 5.50. The quantitative estimate of drug-likeness (QED) is 0.881. The Bertz CT molecular complexity index is 361. The number of hydrogen-bond acceptors (Lipinski definition) is 5.